The van der Waals surface area contributed by atoms with E-state index in [2.05, 4.69) is 10.6 Å². The van der Waals surface area contributed by atoms with Gasteiger partial charge in [-0.2, -0.15) is 0 Å². The van der Waals surface area contributed by atoms with Crippen molar-refractivity contribution in [2.75, 3.05) is 17.7 Å². The summed E-state index contributed by atoms with van der Waals surface area (Å²) in [4.78, 5) is 25.4. The first-order chi connectivity index (χ1) is 15.8. The van der Waals surface area contributed by atoms with E-state index in [1.54, 1.807) is 13.0 Å². The Balaban J connectivity index is 1.59. The van der Waals surface area contributed by atoms with E-state index in [0.29, 0.717) is 28.0 Å². The van der Waals surface area contributed by atoms with Crippen molar-refractivity contribution in [2.45, 2.75) is 6.92 Å². The number of ether oxygens (including phenoxy) is 1. The molecule has 0 bridgehead atoms. The Morgan fingerprint density at radius 2 is 1.76 bits per heavy atom. The molecule has 0 unspecified atom stereocenters. The van der Waals surface area contributed by atoms with Crippen LogP contribution in [0.5, 0.6) is 5.75 Å². The largest absolute Gasteiger partial charge is 0.495 e. The van der Waals surface area contributed by atoms with E-state index in [1.807, 2.05) is 0 Å². The fourth-order valence-corrected chi connectivity index (χ4v) is 3.50. The van der Waals surface area contributed by atoms with Crippen LogP contribution in [-0.2, 0) is 0 Å². The number of benzene rings is 3. The first kappa shape index (κ1) is 22.3. The molecular weight excluding hydrogens is 454 g/mol. The first-order valence-corrected chi connectivity index (χ1v) is 10.1. The van der Waals surface area contributed by atoms with Crippen LogP contribution in [0.1, 0.15) is 26.5 Å². The lowest BCUT2D eigenvalue weighted by molar-refractivity contribution is 0.0995. The second kappa shape index (κ2) is 8.91. The molecule has 6 nitrogen and oxygen atoms in total. The molecule has 33 heavy (non-hydrogen) atoms. The number of hydrogen-bond acceptors (Lipinski definition) is 4. The summed E-state index contributed by atoms with van der Waals surface area (Å²) in [7, 11) is 1.41. The third-order valence-electron chi connectivity index (χ3n) is 4.99. The summed E-state index contributed by atoms with van der Waals surface area (Å²) in [5.74, 6) is -2.17. The number of aryl methyl sites for hydroxylation is 1. The molecule has 4 rings (SSSR count). The fraction of sp³-hybridized carbons (Fsp3) is 0.0833. The summed E-state index contributed by atoms with van der Waals surface area (Å²) in [5.41, 5.74) is 1.19. The van der Waals surface area contributed by atoms with Gasteiger partial charge in [0.15, 0.2) is 5.76 Å². The Morgan fingerprint density at radius 3 is 2.48 bits per heavy atom. The van der Waals surface area contributed by atoms with Crippen molar-refractivity contribution in [2.24, 2.45) is 0 Å². The SMILES string of the molecule is COc1ccc(NC(=O)c2oc3ccc(F)cc3c2C)cc1NC(=O)c1ccc(Cl)cc1F. The Hall–Kier alpha value is -3.91. The van der Waals surface area contributed by atoms with Gasteiger partial charge in [-0.3, -0.25) is 9.59 Å². The molecule has 0 saturated heterocycles. The van der Waals surface area contributed by atoms with Crippen LogP contribution in [0.3, 0.4) is 0 Å². The van der Waals surface area contributed by atoms with Crippen LogP contribution in [0, 0.1) is 18.6 Å². The van der Waals surface area contributed by atoms with Crippen molar-refractivity contribution >= 4 is 45.8 Å². The van der Waals surface area contributed by atoms with Crippen LogP contribution in [0.15, 0.2) is 59.0 Å². The molecule has 0 spiro atoms. The van der Waals surface area contributed by atoms with Crippen LogP contribution in [-0.4, -0.2) is 18.9 Å². The molecule has 2 amide bonds. The number of furan rings is 1. The molecule has 168 valence electrons. The summed E-state index contributed by atoms with van der Waals surface area (Å²) in [5, 5.41) is 5.90. The lowest BCUT2D eigenvalue weighted by Crippen LogP contribution is -2.16. The summed E-state index contributed by atoms with van der Waals surface area (Å²) in [6.45, 7) is 1.65. The molecule has 9 heteroatoms. The maximum atomic E-state index is 14.1. The fourth-order valence-electron chi connectivity index (χ4n) is 3.34. The molecule has 0 atom stereocenters. The molecule has 0 fully saturated rings. The zero-order chi connectivity index (χ0) is 23.7. The van der Waals surface area contributed by atoms with E-state index in [9.17, 15) is 18.4 Å². The maximum Gasteiger partial charge on any atom is 0.291 e. The number of anilines is 2. The van der Waals surface area contributed by atoms with E-state index < -0.39 is 23.4 Å². The van der Waals surface area contributed by atoms with Gasteiger partial charge in [-0.25, -0.2) is 8.78 Å². The molecule has 0 saturated carbocycles. The van der Waals surface area contributed by atoms with E-state index in [-0.39, 0.29) is 22.0 Å². The smallest absolute Gasteiger partial charge is 0.291 e. The molecule has 0 radical (unpaired) electrons. The minimum atomic E-state index is -0.778. The maximum absolute atomic E-state index is 14.1. The van der Waals surface area contributed by atoms with Crippen LogP contribution < -0.4 is 15.4 Å². The van der Waals surface area contributed by atoms with Crippen molar-refractivity contribution in [3.63, 3.8) is 0 Å². The number of methoxy groups -OCH3 is 1. The molecule has 2 N–H and O–H groups in total. The molecule has 0 aliphatic heterocycles. The minimum Gasteiger partial charge on any atom is -0.495 e. The zero-order valence-electron chi connectivity index (χ0n) is 17.5. The van der Waals surface area contributed by atoms with Gasteiger partial charge in [0, 0.05) is 21.7 Å². The third kappa shape index (κ3) is 4.51. The summed E-state index contributed by atoms with van der Waals surface area (Å²) < 4.78 is 38.5. The summed E-state index contributed by atoms with van der Waals surface area (Å²) in [6.07, 6.45) is 0. The van der Waals surface area contributed by atoms with Gasteiger partial charge in [-0.1, -0.05) is 11.6 Å². The predicted molar refractivity (Wildman–Crippen MR) is 121 cm³/mol. The Morgan fingerprint density at radius 1 is 0.970 bits per heavy atom. The molecule has 0 aliphatic carbocycles. The molecule has 3 aromatic carbocycles. The van der Waals surface area contributed by atoms with Crippen molar-refractivity contribution in [3.8, 4) is 5.75 Å². The monoisotopic (exact) mass is 470 g/mol. The predicted octanol–water partition coefficient (Wildman–Crippen LogP) is 6.19. The lowest BCUT2D eigenvalue weighted by atomic mass is 10.1. The standard InChI is InChI=1S/C24H17ClF2N2O4/c1-12-17-10-14(26)4-7-20(17)33-22(12)24(31)28-15-5-8-21(32-2)19(11-15)29-23(30)16-6-3-13(25)9-18(16)27/h3-11H,1-2H3,(H,28,31)(H,29,30). The molecular formula is C24H17ClF2N2O4. The second-order valence-corrected chi connectivity index (χ2v) is 7.58. The van der Waals surface area contributed by atoms with Crippen molar-refractivity contribution < 1.29 is 27.5 Å². The van der Waals surface area contributed by atoms with Gasteiger partial charge in [0.25, 0.3) is 11.8 Å². The topological polar surface area (TPSA) is 80.6 Å². The van der Waals surface area contributed by atoms with Gasteiger partial charge in [0.2, 0.25) is 0 Å². The Bertz CT molecular complexity index is 1400. The van der Waals surface area contributed by atoms with Crippen molar-refractivity contribution in [3.05, 3.63) is 88.1 Å². The van der Waals surface area contributed by atoms with Crippen LogP contribution in [0.4, 0.5) is 20.2 Å². The van der Waals surface area contributed by atoms with Crippen LogP contribution in [0.2, 0.25) is 5.02 Å². The van der Waals surface area contributed by atoms with E-state index in [1.165, 1.54) is 49.6 Å². The van der Waals surface area contributed by atoms with Crippen molar-refractivity contribution in [1.29, 1.82) is 0 Å². The lowest BCUT2D eigenvalue weighted by Gasteiger charge is -2.13. The van der Waals surface area contributed by atoms with Crippen LogP contribution in [0.25, 0.3) is 11.0 Å². The zero-order valence-corrected chi connectivity index (χ0v) is 18.2. The van der Waals surface area contributed by atoms with Gasteiger partial charge in [-0.05, 0) is 61.5 Å². The second-order valence-electron chi connectivity index (χ2n) is 7.14. The average molecular weight is 471 g/mol. The average Bonchev–Trinajstić information content (AvgIpc) is 3.10. The first-order valence-electron chi connectivity index (χ1n) is 9.71. The highest BCUT2D eigenvalue weighted by atomic mass is 35.5. The highest BCUT2D eigenvalue weighted by Gasteiger charge is 2.20. The molecule has 1 heterocycles. The Kier molecular flexibility index (Phi) is 6.02. The van der Waals surface area contributed by atoms with Gasteiger partial charge < -0.3 is 19.8 Å². The number of halogens is 3. The number of fused-ring (bicyclic) bond motifs is 1. The summed E-state index contributed by atoms with van der Waals surface area (Å²) in [6, 6.07) is 12.2. The van der Waals surface area contributed by atoms with Crippen molar-refractivity contribution in [1.82, 2.24) is 0 Å². The number of carbonyl (C=O) groups is 2. The van der Waals surface area contributed by atoms with E-state index in [4.69, 9.17) is 20.8 Å². The number of amides is 2. The Labute approximate surface area is 192 Å². The molecule has 4 aromatic rings. The number of carbonyl (C=O) groups excluding carboxylic acids is 2. The van der Waals surface area contributed by atoms with Gasteiger partial charge >= 0.3 is 0 Å². The number of nitrogens with one attached hydrogen (secondary N) is 2. The highest BCUT2D eigenvalue weighted by Crippen LogP contribution is 2.30. The summed E-state index contributed by atoms with van der Waals surface area (Å²) >= 11 is 5.74. The number of rotatable bonds is 5. The van der Waals surface area contributed by atoms with Gasteiger partial charge in [0.05, 0.1) is 18.4 Å². The number of hydrogen-bond donors (Lipinski definition) is 2. The van der Waals surface area contributed by atoms with E-state index in [0.717, 1.165) is 6.07 Å². The minimum absolute atomic E-state index is 0.0280. The van der Waals surface area contributed by atoms with Crippen LogP contribution >= 0.6 is 11.6 Å². The highest BCUT2D eigenvalue weighted by molar-refractivity contribution is 6.30. The van der Waals surface area contributed by atoms with Gasteiger partial charge in [-0.15, -0.1) is 0 Å². The third-order valence-corrected chi connectivity index (χ3v) is 5.22. The van der Waals surface area contributed by atoms with E-state index >= 15 is 0 Å². The molecule has 0 aliphatic rings. The quantitative estimate of drug-likeness (QED) is 0.364. The molecule has 1 aromatic heterocycles. The normalized spacial score (nSPS) is 10.8. The van der Waals surface area contributed by atoms with Gasteiger partial charge in [0.1, 0.15) is 23.0 Å².